The van der Waals surface area contributed by atoms with Gasteiger partial charge in [-0.15, -0.1) is 0 Å². The summed E-state index contributed by atoms with van der Waals surface area (Å²) < 4.78 is 39.1. The van der Waals surface area contributed by atoms with E-state index in [1.54, 1.807) is 18.2 Å². The number of benzene rings is 1. The molecule has 24 heavy (non-hydrogen) atoms. The fourth-order valence-electron chi connectivity index (χ4n) is 2.39. The van der Waals surface area contributed by atoms with E-state index in [2.05, 4.69) is 25.6 Å². The van der Waals surface area contributed by atoms with E-state index < -0.39 is 10.0 Å². The maximum atomic E-state index is 12.4. The highest BCUT2D eigenvalue weighted by atomic mass is 79.9. The van der Waals surface area contributed by atoms with Gasteiger partial charge in [-0.3, -0.25) is 4.90 Å². The lowest BCUT2D eigenvalue weighted by molar-refractivity contribution is 0.0376. The van der Waals surface area contributed by atoms with Gasteiger partial charge in [0.2, 0.25) is 10.0 Å². The number of hydrogen-bond acceptors (Lipinski definition) is 5. The van der Waals surface area contributed by atoms with Crippen LogP contribution in [0.25, 0.3) is 0 Å². The summed E-state index contributed by atoms with van der Waals surface area (Å²) in [4.78, 5) is 2.51. The molecule has 1 aromatic rings. The zero-order chi connectivity index (χ0) is 17.4. The Morgan fingerprint density at radius 2 is 2.08 bits per heavy atom. The van der Waals surface area contributed by atoms with Crippen LogP contribution in [0.4, 0.5) is 0 Å². The van der Waals surface area contributed by atoms with Gasteiger partial charge in [-0.25, -0.2) is 13.1 Å². The van der Waals surface area contributed by atoms with Crippen LogP contribution in [-0.4, -0.2) is 59.3 Å². The fraction of sp³-hybridized carbons (Fsp3) is 0.625. The van der Waals surface area contributed by atoms with Crippen molar-refractivity contribution in [2.75, 3.05) is 46.0 Å². The second kappa shape index (κ2) is 9.72. The molecule has 0 saturated carbocycles. The van der Waals surface area contributed by atoms with Gasteiger partial charge in [-0.05, 0) is 47.4 Å². The summed E-state index contributed by atoms with van der Waals surface area (Å²) in [6.07, 6.45) is 1.64. The van der Waals surface area contributed by atoms with Crippen LogP contribution < -0.4 is 9.46 Å². The van der Waals surface area contributed by atoms with Crippen molar-refractivity contribution in [2.45, 2.75) is 24.7 Å². The average molecular weight is 421 g/mol. The van der Waals surface area contributed by atoms with Crippen molar-refractivity contribution in [3.8, 4) is 5.75 Å². The van der Waals surface area contributed by atoms with E-state index >= 15 is 0 Å². The third-order valence-electron chi connectivity index (χ3n) is 3.72. The van der Waals surface area contributed by atoms with Crippen molar-refractivity contribution >= 4 is 26.0 Å². The van der Waals surface area contributed by atoms with Gasteiger partial charge in [-0.2, -0.15) is 0 Å². The Hall–Kier alpha value is -0.670. The smallest absolute Gasteiger partial charge is 0.240 e. The van der Waals surface area contributed by atoms with Crippen LogP contribution in [0.2, 0.25) is 0 Å². The molecule has 1 N–H and O–H groups in total. The molecule has 1 saturated heterocycles. The highest BCUT2D eigenvalue weighted by Crippen LogP contribution is 2.28. The first kappa shape index (κ1) is 19.7. The standard InChI is InChI=1S/C16H25BrN2O4S/c1-2-10-23-16-13-14(4-5-15(16)17)24(20,21)18-6-3-7-19-8-11-22-12-9-19/h4-5,13,18H,2-3,6-12H2,1H3. The van der Waals surface area contributed by atoms with E-state index in [1.807, 2.05) is 6.92 Å². The molecule has 136 valence electrons. The van der Waals surface area contributed by atoms with Gasteiger partial charge in [0.05, 0.1) is 29.2 Å². The Labute approximate surface area is 152 Å². The SMILES string of the molecule is CCCOc1cc(S(=O)(=O)NCCCN2CCOCC2)ccc1Br. The third-order valence-corrected chi connectivity index (χ3v) is 5.84. The second-order valence-electron chi connectivity index (χ2n) is 5.65. The predicted molar refractivity (Wildman–Crippen MR) is 97.0 cm³/mol. The molecule has 0 unspecified atom stereocenters. The summed E-state index contributed by atoms with van der Waals surface area (Å²) in [6, 6.07) is 4.84. The van der Waals surface area contributed by atoms with Crippen molar-refractivity contribution in [3.05, 3.63) is 22.7 Å². The Morgan fingerprint density at radius 1 is 1.33 bits per heavy atom. The van der Waals surface area contributed by atoms with Crippen molar-refractivity contribution < 1.29 is 17.9 Å². The summed E-state index contributed by atoms with van der Waals surface area (Å²) in [5.41, 5.74) is 0. The number of ether oxygens (including phenoxy) is 2. The van der Waals surface area contributed by atoms with Crippen molar-refractivity contribution in [2.24, 2.45) is 0 Å². The monoisotopic (exact) mass is 420 g/mol. The molecular formula is C16H25BrN2O4S. The van der Waals surface area contributed by atoms with Crippen LogP contribution in [0.1, 0.15) is 19.8 Å². The molecule has 1 heterocycles. The number of halogens is 1. The van der Waals surface area contributed by atoms with Crippen LogP contribution in [0, 0.1) is 0 Å². The molecule has 0 aliphatic carbocycles. The molecule has 2 rings (SSSR count). The highest BCUT2D eigenvalue weighted by Gasteiger charge is 2.16. The van der Waals surface area contributed by atoms with Crippen LogP contribution in [-0.2, 0) is 14.8 Å². The van der Waals surface area contributed by atoms with Gasteiger partial charge in [-0.1, -0.05) is 6.92 Å². The van der Waals surface area contributed by atoms with Crippen LogP contribution >= 0.6 is 15.9 Å². The van der Waals surface area contributed by atoms with E-state index in [0.29, 0.717) is 18.9 Å². The molecule has 0 spiro atoms. The van der Waals surface area contributed by atoms with E-state index in [0.717, 1.165) is 50.2 Å². The molecule has 0 amide bonds. The van der Waals surface area contributed by atoms with Crippen LogP contribution in [0.5, 0.6) is 5.75 Å². The maximum absolute atomic E-state index is 12.4. The zero-order valence-corrected chi connectivity index (χ0v) is 16.4. The van der Waals surface area contributed by atoms with E-state index in [-0.39, 0.29) is 4.90 Å². The molecule has 0 atom stereocenters. The average Bonchev–Trinajstić information content (AvgIpc) is 2.59. The number of hydrogen-bond donors (Lipinski definition) is 1. The summed E-state index contributed by atoms with van der Waals surface area (Å²) in [7, 11) is -3.52. The molecule has 1 aliphatic rings. The third kappa shape index (κ3) is 6.00. The Balaban J connectivity index is 1.87. The maximum Gasteiger partial charge on any atom is 0.240 e. The molecule has 0 aromatic heterocycles. The van der Waals surface area contributed by atoms with Gasteiger partial charge in [0.25, 0.3) is 0 Å². The van der Waals surface area contributed by atoms with E-state index in [1.165, 1.54) is 0 Å². The first-order valence-electron chi connectivity index (χ1n) is 8.25. The van der Waals surface area contributed by atoms with Gasteiger partial charge >= 0.3 is 0 Å². The molecular weight excluding hydrogens is 396 g/mol. The van der Waals surface area contributed by atoms with Crippen molar-refractivity contribution in [1.29, 1.82) is 0 Å². The Bertz CT molecular complexity index is 619. The lowest BCUT2D eigenvalue weighted by atomic mass is 10.3. The molecule has 6 nitrogen and oxygen atoms in total. The highest BCUT2D eigenvalue weighted by molar-refractivity contribution is 9.10. The molecule has 1 aromatic carbocycles. The minimum absolute atomic E-state index is 0.225. The number of morpholine rings is 1. The number of nitrogens with one attached hydrogen (secondary N) is 1. The topological polar surface area (TPSA) is 67.9 Å². The van der Waals surface area contributed by atoms with E-state index in [4.69, 9.17) is 9.47 Å². The quantitative estimate of drug-likeness (QED) is 0.620. The van der Waals surface area contributed by atoms with Crippen LogP contribution in [0.15, 0.2) is 27.6 Å². The summed E-state index contributed by atoms with van der Waals surface area (Å²) in [6.45, 7) is 7.18. The largest absolute Gasteiger partial charge is 0.492 e. The lowest BCUT2D eigenvalue weighted by Gasteiger charge is -2.26. The predicted octanol–water partition coefficient (Wildman–Crippen LogP) is 2.24. The Morgan fingerprint density at radius 3 is 2.79 bits per heavy atom. The molecule has 0 radical (unpaired) electrons. The number of rotatable bonds is 9. The lowest BCUT2D eigenvalue weighted by Crippen LogP contribution is -2.38. The molecule has 0 bridgehead atoms. The molecule has 1 aliphatic heterocycles. The van der Waals surface area contributed by atoms with Gasteiger partial charge in [0, 0.05) is 25.7 Å². The number of sulfonamides is 1. The molecule has 1 fully saturated rings. The fourth-order valence-corrected chi connectivity index (χ4v) is 3.84. The van der Waals surface area contributed by atoms with Crippen LogP contribution in [0.3, 0.4) is 0 Å². The zero-order valence-electron chi connectivity index (χ0n) is 14.0. The van der Waals surface area contributed by atoms with E-state index in [9.17, 15) is 8.42 Å². The normalized spacial score (nSPS) is 16.2. The van der Waals surface area contributed by atoms with Crippen molar-refractivity contribution in [3.63, 3.8) is 0 Å². The van der Waals surface area contributed by atoms with Gasteiger partial charge < -0.3 is 9.47 Å². The summed E-state index contributed by atoms with van der Waals surface area (Å²) >= 11 is 3.38. The van der Waals surface area contributed by atoms with Gasteiger partial charge in [0.15, 0.2) is 0 Å². The van der Waals surface area contributed by atoms with Crippen molar-refractivity contribution in [1.82, 2.24) is 9.62 Å². The summed E-state index contributed by atoms with van der Waals surface area (Å²) in [5, 5.41) is 0. The minimum Gasteiger partial charge on any atom is -0.492 e. The first-order chi connectivity index (χ1) is 11.5. The molecule has 8 heteroatoms. The minimum atomic E-state index is -3.52. The Kier molecular flexibility index (Phi) is 7.96. The summed E-state index contributed by atoms with van der Waals surface area (Å²) in [5.74, 6) is 0.549. The first-order valence-corrected chi connectivity index (χ1v) is 10.5. The second-order valence-corrected chi connectivity index (χ2v) is 8.27. The van der Waals surface area contributed by atoms with Gasteiger partial charge in [0.1, 0.15) is 5.75 Å². The number of nitrogens with zero attached hydrogens (tertiary/aromatic N) is 1.